The van der Waals surface area contributed by atoms with Crippen LogP contribution in [0.1, 0.15) is 11.8 Å². The van der Waals surface area contributed by atoms with Gasteiger partial charge in [0.2, 0.25) is 11.0 Å². The molecule has 9 heteroatoms. The van der Waals surface area contributed by atoms with Crippen molar-refractivity contribution in [1.29, 1.82) is 0 Å². The minimum Gasteiger partial charge on any atom is -0.493 e. The summed E-state index contributed by atoms with van der Waals surface area (Å²) in [6, 6.07) is 11.2. The summed E-state index contributed by atoms with van der Waals surface area (Å²) in [6.07, 6.45) is 1.15. The van der Waals surface area contributed by atoms with Gasteiger partial charge in [-0.05, 0) is 12.1 Å². The van der Waals surface area contributed by atoms with Gasteiger partial charge in [-0.25, -0.2) is 0 Å². The number of benzene rings is 2. The number of aromatic nitrogens is 3. The molecule has 30 heavy (non-hydrogen) atoms. The lowest BCUT2D eigenvalue weighted by Gasteiger charge is -2.21. The van der Waals surface area contributed by atoms with Crippen LogP contribution in [0.25, 0.3) is 11.3 Å². The van der Waals surface area contributed by atoms with Crippen LogP contribution in [-0.4, -0.2) is 35.2 Å². The second-order valence-electron chi connectivity index (χ2n) is 6.26. The molecule has 1 aliphatic rings. The predicted molar refractivity (Wildman–Crippen MR) is 118 cm³/mol. The molecule has 0 radical (unpaired) electrons. The Labute approximate surface area is 183 Å². The average molecular weight is 443 g/mol. The zero-order valence-corrected chi connectivity index (χ0v) is 18.0. The number of para-hydroxylation sites is 1. The van der Waals surface area contributed by atoms with Crippen molar-refractivity contribution in [3.05, 3.63) is 59.6 Å². The van der Waals surface area contributed by atoms with E-state index in [-0.39, 0.29) is 0 Å². The van der Waals surface area contributed by atoms with Crippen molar-refractivity contribution in [2.75, 3.05) is 25.3 Å². The second-order valence-corrected chi connectivity index (χ2v) is 7.66. The summed E-state index contributed by atoms with van der Waals surface area (Å²) >= 11 is 7.99. The van der Waals surface area contributed by atoms with E-state index in [1.165, 1.54) is 11.8 Å². The van der Waals surface area contributed by atoms with Crippen molar-refractivity contribution >= 4 is 29.1 Å². The normalized spacial score (nSPS) is 14.4. The monoisotopic (exact) mass is 442 g/mol. The molecule has 0 saturated carbocycles. The largest absolute Gasteiger partial charge is 0.493 e. The van der Waals surface area contributed by atoms with Crippen LogP contribution in [0.15, 0.2) is 54.2 Å². The Morgan fingerprint density at radius 3 is 2.73 bits per heavy atom. The third-order valence-corrected chi connectivity index (χ3v) is 5.61. The molecule has 3 aromatic rings. The molecule has 1 aliphatic heterocycles. The maximum absolute atomic E-state index is 6.56. The molecule has 0 spiro atoms. The topological polar surface area (TPSA) is 78.4 Å². The van der Waals surface area contributed by atoms with Gasteiger partial charge in [0.25, 0.3) is 0 Å². The third-order valence-electron chi connectivity index (χ3n) is 4.45. The highest BCUT2D eigenvalue weighted by Crippen LogP contribution is 2.42. The predicted octanol–water partition coefficient (Wildman–Crippen LogP) is 4.99. The third kappa shape index (κ3) is 3.88. The van der Waals surface area contributed by atoms with Gasteiger partial charge in [0.1, 0.15) is 0 Å². The molecule has 154 valence electrons. The first-order chi connectivity index (χ1) is 14.6. The van der Waals surface area contributed by atoms with Gasteiger partial charge in [-0.2, -0.15) is 4.98 Å². The standard InChI is InChI=1S/C21H19ClN4O3S/c1-4-9-30-21-24-20-18(25-26-21)12-7-5-6-8-15(12)23-19(29-20)13-10-16(27-2)17(28-3)11-14(13)22/h4-8,10-11,19,23H,1,9H2,2-3H3/t19-/m1/s1. The van der Waals surface area contributed by atoms with Crippen molar-refractivity contribution in [2.45, 2.75) is 11.4 Å². The molecular formula is C21H19ClN4O3S. The molecule has 1 atom stereocenters. The number of hydrogen-bond acceptors (Lipinski definition) is 8. The zero-order chi connectivity index (χ0) is 21.1. The van der Waals surface area contributed by atoms with E-state index in [0.717, 1.165) is 11.3 Å². The molecule has 2 heterocycles. The number of nitrogens with one attached hydrogen (secondary N) is 1. The van der Waals surface area contributed by atoms with E-state index in [2.05, 4.69) is 27.1 Å². The average Bonchev–Trinajstić information content (AvgIpc) is 2.93. The molecule has 0 saturated heterocycles. The first kappa shape index (κ1) is 20.3. The van der Waals surface area contributed by atoms with Gasteiger partial charge in [-0.15, -0.1) is 16.8 Å². The summed E-state index contributed by atoms with van der Waals surface area (Å²) in [5, 5.41) is 12.9. The van der Waals surface area contributed by atoms with Crippen LogP contribution in [0, 0.1) is 0 Å². The van der Waals surface area contributed by atoms with Crippen LogP contribution >= 0.6 is 23.4 Å². The first-order valence-corrected chi connectivity index (χ1v) is 10.4. The number of hydrogen-bond donors (Lipinski definition) is 1. The Balaban J connectivity index is 1.82. The lowest BCUT2D eigenvalue weighted by Crippen LogP contribution is -2.18. The lowest BCUT2D eigenvalue weighted by molar-refractivity contribution is 0.224. The molecule has 0 unspecified atom stereocenters. The first-order valence-electron chi connectivity index (χ1n) is 9.07. The Morgan fingerprint density at radius 1 is 1.20 bits per heavy atom. The van der Waals surface area contributed by atoms with Gasteiger partial charge < -0.3 is 19.5 Å². The maximum Gasteiger partial charge on any atom is 0.247 e. The molecule has 1 aromatic heterocycles. The zero-order valence-electron chi connectivity index (χ0n) is 16.4. The molecule has 0 amide bonds. The highest BCUT2D eigenvalue weighted by Gasteiger charge is 2.28. The maximum atomic E-state index is 6.56. The summed E-state index contributed by atoms with van der Waals surface area (Å²) in [5.74, 6) is 2.11. The summed E-state index contributed by atoms with van der Waals surface area (Å²) in [4.78, 5) is 4.57. The van der Waals surface area contributed by atoms with E-state index < -0.39 is 6.23 Å². The molecule has 4 rings (SSSR count). The van der Waals surface area contributed by atoms with Crippen LogP contribution in [0.4, 0.5) is 5.69 Å². The lowest BCUT2D eigenvalue weighted by atomic mass is 10.1. The molecule has 2 aromatic carbocycles. The molecule has 7 nitrogen and oxygen atoms in total. The molecule has 0 fully saturated rings. The van der Waals surface area contributed by atoms with Crippen LogP contribution in [0.2, 0.25) is 5.02 Å². The molecule has 0 aliphatic carbocycles. The highest BCUT2D eigenvalue weighted by atomic mass is 35.5. The quantitative estimate of drug-likeness (QED) is 0.422. The van der Waals surface area contributed by atoms with Gasteiger partial charge in [-0.1, -0.05) is 47.6 Å². The summed E-state index contributed by atoms with van der Waals surface area (Å²) < 4.78 is 17.0. The minimum atomic E-state index is -0.631. The van der Waals surface area contributed by atoms with Crippen molar-refractivity contribution in [2.24, 2.45) is 0 Å². The fourth-order valence-electron chi connectivity index (χ4n) is 3.05. The second kappa shape index (κ2) is 8.81. The number of ether oxygens (including phenoxy) is 3. The fraction of sp³-hybridized carbons (Fsp3) is 0.190. The van der Waals surface area contributed by atoms with Gasteiger partial charge in [-0.3, -0.25) is 0 Å². The molecule has 0 bridgehead atoms. The van der Waals surface area contributed by atoms with Crippen LogP contribution < -0.4 is 19.5 Å². The van der Waals surface area contributed by atoms with Crippen LogP contribution in [0.3, 0.4) is 0 Å². The summed E-state index contributed by atoms with van der Waals surface area (Å²) in [7, 11) is 3.13. The Bertz CT molecular complexity index is 1100. The van der Waals surface area contributed by atoms with Crippen molar-refractivity contribution in [1.82, 2.24) is 15.2 Å². The van der Waals surface area contributed by atoms with E-state index in [0.29, 0.717) is 44.6 Å². The number of halogens is 1. The number of rotatable bonds is 6. The van der Waals surface area contributed by atoms with Crippen molar-refractivity contribution in [3.8, 4) is 28.6 Å². The molecule has 1 N–H and O–H groups in total. The fourth-order valence-corrected chi connectivity index (χ4v) is 3.82. The van der Waals surface area contributed by atoms with E-state index in [9.17, 15) is 0 Å². The summed E-state index contributed by atoms with van der Waals surface area (Å²) in [5.41, 5.74) is 2.90. The number of methoxy groups -OCH3 is 2. The number of nitrogens with zero attached hydrogens (tertiary/aromatic N) is 3. The van der Waals surface area contributed by atoms with E-state index in [1.807, 2.05) is 24.3 Å². The number of fused-ring (bicyclic) bond motifs is 3. The van der Waals surface area contributed by atoms with Gasteiger partial charge in [0.15, 0.2) is 23.4 Å². The van der Waals surface area contributed by atoms with Crippen molar-refractivity contribution in [3.63, 3.8) is 0 Å². The summed E-state index contributed by atoms with van der Waals surface area (Å²) in [6.45, 7) is 3.73. The minimum absolute atomic E-state index is 0.366. The smallest absolute Gasteiger partial charge is 0.247 e. The highest BCUT2D eigenvalue weighted by molar-refractivity contribution is 7.99. The SMILES string of the molecule is C=CCSc1nnc2c(n1)O[C@H](c1cc(OC)c(OC)cc1Cl)Nc1ccccc1-2. The van der Waals surface area contributed by atoms with Gasteiger partial charge in [0, 0.05) is 28.6 Å². The number of anilines is 1. The van der Waals surface area contributed by atoms with Crippen molar-refractivity contribution < 1.29 is 14.2 Å². The Kier molecular flexibility index (Phi) is 5.96. The number of thioether (sulfide) groups is 1. The Morgan fingerprint density at radius 2 is 1.97 bits per heavy atom. The molecular weight excluding hydrogens is 424 g/mol. The Hall–Kier alpha value is -2.97. The van der Waals surface area contributed by atoms with Gasteiger partial charge >= 0.3 is 0 Å². The van der Waals surface area contributed by atoms with E-state index in [4.69, 9.17) is 25.8 Å². The van der Waals surface area contributed by atoms with E-state index in [1.54, 1.807) is 32.4 Å². The van der Waals surface area contributed by atoms with Gasteiger partial charge in [0.05, 0.1) is 19.2 Å². The van der Waals surface area contributed by atoms with Crippen LogP contribution in [-0.2, 0) is 0 Å². The van der Waals surface area contributed by atoms with Crippen LogP contribution in [0.5, 0.6) is 17.4 Å². The van der Waals surface area contributed by atoms with E-state index >= 15 is 0 Å².